The first-order valence-corrected chi connectivity index (χ1v) is 7.25. The Hall–Kier alpha value is -1.56. The van der Waals surface area contributed by atoms with E-state index in [4.69, 9.17) is 5.11 Å². The number of likely N-dealkylation sites (tertiary alicyclic amines) is 1. The second-order valence-electron chi connectivity index (χ2n) is 5.08. The molecule has 2 amide bonds. The summed E-state index contributed by atoms with van der Waals surface area (Å²) in [5, 5.41) is 13.8. The zero-order chi connectivity index (χ0) is 14.0. The van der Waals surface area contributed by atoms with Gasteiger partial charge in [0.25, 0.3) is 0 Å². The number of nitrogens with one attached hydrogen (secondary N) is 1. The quantitative estimate of drug-likeness (QED) is 0.875. The molecule has 5 nitrogen and oxygen atoms in total. The van der Waals surface area contributed by atoms with E-state index < -0.39 is 5.97 Å². The highest BCUT2D eigenvalue weighted by atomic mass is 32.1. The molecule has 1 saturated heterocycles. The molecule has 0 bridgehead atoms. The van der Waals surface area contributed by atoms with Gasteiger partial charge in [-0.25, -0.2) is 9.59 Å². The van der Waals surface area contributed by atoms with Crippen molar-refractivity contribution in [2.24, 2.45) is 5.92 Å². The molecule has 2 rings (SSSR count). The number of urea groups is 1. The zero-order valence-electron chi connectivity index (χ0n) is 11.0. The average Bonchev–Trinajstić information content (AvgIpc) is 2.80. The summed E-state index contributed by atoms with van der Waals surface area (Å²) in [6, 6.07) is 1.50. The molecule has 0 aromatic carbocycles. The molecule has 1 aliphatic heterocycles. The Labute approximate surface area is 116 Å². The molecule has 1 aliphatic rings. The van der Waals surface area contributed by atoms with Crippen molar-refractivity contribution in [1.29, 1.82) is 0 Å². The Kier molecular flexibility index (Phi) is 4.09. The lowest BCUT2D eigenvalue weighted by atomic mass is 9.95. The standard InChI is InChI=1S/C13H18N2O3S/c1-8-3-4-9(2)15(7-8)13(18)14-11-10(12(16)17)5-6-19-11/h5-6,8-9H,3-4,7H2,1-2H3,(H,14,18)(H,16,17). The largest absolute Gasteiger partial charge is 0.478 e. The molecule has 6 heteroatoms. The fourth-order valence-corrected chi connectivity index (χ4v) is 3.08. The Morgan fingerprint density at radius 1 is 1.42 bits per heavy atom. The number of carboxylic acid groups (broad SMARTS) is 1. The van der Waals surface area contributed by atoms with Crippen LogP contribution in [0.3, 0.4) is 0 Å². The van der Waals surface area contributed by atoms with Gasteiger partial charge in [0.05, 0.1) is 5.56 Å². The number of carboxylic acids is 1. The monoisotopic (exact) mass is 282 g/mol. The minimum atomic E-state index is -1.02. The molecule has 1 aromatic heterocycles. The minimum Gasteiger partial charge on any atom is -0.478 e. The van der Waals surface area contributed by atoms with Crippen molar-refractivity contribution in [1.82, 2.24) is 4.90 Å². The van der Waals surface area contributed by atoms with E-state index in [1.54, 1.807) is 10.3 Å². The number of rotatable bonds is 2. The summed E-state index contributed by atoms with van der Waals surface area (Å²) in [7, 11) is 0. The summed E-state index contributed by atoms with van der Waals surface area (Å²) in [6.07, 6.45) is 2.12. The van der Waals surface area contributed by atoms with Gasteiger partial charge in [-0.3, -0.25) is 5.32 Å². The number of amides is 2. The van der Waals surface area contributed by atoms with Crippen LogP contribution in [0.1, 0.15) is 37.0 Å². The molecule has 104 valence electrons. The molecule has 0 saturated carbocycles. The van der Waals surface area contributed by atoms with Crippen LogP contribution in [0, 0.1) is 5.92 Å². The number of anilines is 1. The smallest absolute Gasteiger partial charge is 0.338 e. The summed E-state index contributed by atoms with van der Waals surface area (Å²) < 4.78 is 0. The van der Waals surface area contributed by atoms with Crippen molar-refractivity contribution >= 4 is 28.3 Å². The van der Waals surface area contributed by atoms with E-state index in [0.717, 1.165) is 19.4 Å². The van der Waals surface area contributed by atoms with Crippen LogP contribution in [-0.4, -0.2) is 34.6 Å². The van der Waals surface area contributed by atoms with Crippen molar-refractivity contribution in [2.75, 3.05) is 11.9 Å². The van der Waals surface area contributed by atoms with Crippen LogP contribution < -0.4 is 5.32 Å². The van der Waals surface area contributed by atoms with Crippen molar-refractivity contribution in [3.05, 3.63) is 17.0 Å². The maximum atomic E-state index is 12.2. The third-order valence-corrected chi connectivity index (χ3v) is 4.32. The summed E-state index contributed by atoms with van der Waals surface area (Å²) in [5.74, 6) is -0.527. The van der Waals surface area contributed by atoms with Crippen LogP contribution in [-0.2, 0) is 0 Å². The second-order valence-corrected chi connectivity index (χ2v) is 6.00. The van der Waals surface area contributed by atoms with Gasteiger partial charge < -0.3 is 10.0 Å². The lowest BCUT2D eigenvalue weighted by molar-refractivity contribution is 0.0698. The number of hydrogen-bond acceptors (Lipinski definition) is 3. The van der Waals surface area contributed by atoms with E-state index in [-0.39, 0.29) is 17.6 Å². The van der Waals surface area contributed by atoms with E-state index in [1.165, 1.54) is 17.4 Å². The first kappa shape index (κ1) is 13.9. The van der Waals surface area contributed by atoms with Gasteiger partial charge in [-0.05, 0) is 37.1 Å². The number of carbonyl (C=O) groups excluding carboxylic acids is 1. The van der Waals surface area contributed by atoms with Crippen molar-refractivity contribution < 1.29 is 14.7 Å². The molecule has 2 N–H and O–H groups in total. The van der Waals surface area contributed by atoms with Crippen molar-refractivity contribution in [3.8, 4) is 0 Å². The molecule has 19 heavy (non-hydrogen) atoms. The van der Waals surface area contributed by atoms with Gasteiger partial charge in [0.15, 0.2) is 0 Å². The molecular weight excluding hydrogens is 264 g/mol. The first-order chi connectivity index (χ1) is 8.99. The number of nitrogens with zero attached hydrogens (tertiary/aromatic N) is 1. The zero-order valence-corrected chi connectivity index (χ0v) is 11.9. The highest BCUT2D eigenvalue weighted by molar-refractivity contribution is 7.14. The van der Waals surface area contributed by atoms with Gasteiger partial charge in [-0.15, -0.1) is 11.3 Å². The van der Waals surface area contributed by atoms with Gasteiger partial charge >= 0.3 is 12.0 Å². The lowest BCUT2D eigenvalue weighted by Crippen LogP contribution is -2.46. The van der Waals surface area contributed by atoms with Gasteiger partial charge in [-0.1, -0.05) is 6.92 Å². The summed E-state index contributed by atoms with van der Waals surface area (Å²) >= 11 is 1.23. The average molecular weight is 282 g/mol. The summed E-state index contributed by atoms with van der Waals surface area (Å²) in [6.45, 7) is 4.87. The fraction of sp³-hybridized carbons (Fsp3) is 0.538. The molecule has 1 fully saturated rings. The SMILES string of the molecule is CC1CCC(C)N(C(=O)Nc2sccc2C(=O)O)C1. The first-order valence-electron chi connectivity index (χ1n) is 6.37. The Bertz CT molecular complexity index is 486. The number of aromatic carboxylic acids is 1. The Morgan fingerprint density at radius 3 is 2.84 bits per heavy atom. The van der Waals surface area contributed by atoms with E-state index in [2.05, 4.69) is 12.2 Å². The number of piperidine rings is 1. The topological polar surface area (TPSA) is 69.6 Å². The van der Waals surface area contributed by atoms with Crippen LogP contribution in [0.4, 0.5) is 9.80 Å². The van der Waals surface area contributed by atoms with E-state index >= 15 is 0 Å². The van der Waals surface area contributed by atoms with E-state index in [1.807, 2.05) is 6.92 Å². The second kappa shape index (κ2) is 5.61. The van der Waals surface area contributed by atoms with Crippen LogP contribution in [0.5, 0.6) is 0 Å². The lowest BCUT2D eigenvalue weighted by Gasteiger charge is -2.36. The third kappa shape index (κ3) is 3.07. The van der Waals surface area contributed by atoms with Crippen LogP contribution >= 0.6 is 11.3 Å². The molecule has 2 atom stereocenters. The normalized spacial score (nSPS) is 23.2. The number of hydrogen-bond donors (Lipinski definition) is 2. The summed E-state index contributed by atoms with van der Waals surface area (Å²) in [4.78, 5) is 25.0. The van der Waals surface area contributed by atoms with Crippen LogP contribution in [0.15, 0.2) is 11.4 Å². The maximum Gasteiger partial charge on any atom is 0.338 e. The van der Waals surface area contributed by atoms with Gasteiger partial charge in [-0.2, -0.15) is 0 Å². The van der Waals surface area contributed by atoms with Gasteiger partial charge in [0.2, 0.25) is 0 Å². The summed E-state index contributed by atoms with van der Waals surface area (Å²) in [5.41, 5.74) is 0.149. The molecule has 0 radical (unpaired) electrons. The molecular formula is C13H18N2O3S. The highest BCUT2D eigenvalue weighted by Gasteiger charge is 2.27. The highest BCUT2D eigenvalue weighted by Crippen LogP contribution is 2.26. The molecule has 0 spiro atoms. The Balaban J connectivity index is 2.08. The molecule has 0 aliphatic carbocycles. The Morgan fingerprint density at radius 2 is 2.16 bits per heavy atom. The predicted octanol–water partition coefficient (Wildman–Crippen LogP) is 3.10. The van der Waals surface area contributed by atoms with Gasteiger partial charge in [0, 0.05) is 12.6 Å². The van der Waals surface area contributed by atoms with E-state index in [0.29, 0.717) is 10.9 Å². The van der Waals surface area contributed by atoms with E-state index in [9.17, 15) is 9.59 Å². The fourth-order valence-electron chi connectivity index (χ4n) is 2.32. The predicted molar refractivity (Wildman–Crippen MR) is 74.9 cm³/mol. The van der Waals surface area contributed by atoms with Crippen molar-refractivity contribution in [2.45, 2.75) is 32.7 Å². The van der Waals surface area contributed by atoms with Gasteiger partial charge in [0.1, 0.15) is 5.00 Å². The maximum absolute atomic E-state index is 12.2. The number of thiophene rings is 1. The molecule has 2 unspecified atom stereocenters. The minimum absolute atomic E-state index is 0.149. The molecule has 2 heterocycles. The van der Waals surface area contributed by atoms with Crippen molar-refractivity contribution in [3.63, 3.8) is 0 Å². The van der Waals surface area contributed by atoms with Crippen LogP contribution in [0.2, 0.25) is 0 Å². The van der Waals surface area contributed by atoms with Crippen LogP contribution in [0.25, 0.3) is 0 Å². The third-order valence-electron chi connectivity index (χ3n) is 3.49. The number of carbonyl (C=O) groups is 2. The molecule has 1 aromatic rings.